The van der Waals surface area contributed by atoms with Gasteiger partial charge in [0.05, 0.1) is 35.8 Å². The van der Waals surface area contributed by atoms with Gasteiger partial charge in [0.25, 0.3) is 0 Å². The van der Waals surface area contributed by atoms with Crippen molar-refractivity contribution in [2.75, 3.05) is 70.3 Å². The Balaban J connectivity index is 1.23. The Kier molecular flexibility index (Phi) is 9.20. The average Bonchev–Trinajstić information content (AvgIpc) is 3.72. The predicted octanol–water partition coefficient (Wildman–Crippen LogP) is 4.90. The van der Waals surface area contributed by atoms with Crippen LogP contribution in [0.15, 0.2) is 48.6 Å². The molecular weight excluding hydrogens is 624 g/mol. The summed E-state index contributed by atoms with van der Waals surface area (Å²) in [6.45, 7) is 4.61. The molecule has 2 aromatic carbocycles. The summed E-state index contributed by atoms with van der Waals surface area (Å²) in [5, 5.41) is 12.7. The Morgan fingerprint density at radius 3 is 2.69 bits per heavy atom. The summed E-state index contributed by atoms with van der Waals surface area (Å²) in [5.41, 5.74) is 3.23. The van der Waals surface area contributed by atoms with Gasteiger partial charge in [-0.2, -0.15) is 15.2 Å². The molecule has 0 bridgehead atoms. The van der Waals surface area contributed by atoms with E-state index >= 15 is 0 Å². The van der Waals surface area contributed by atoms with Gasteiger partial charge in [-0.25, -0.2) is 0 Å². The lowest BCUT2D eigenvalue weighted by molar-refractivity contribution is -0.128. The van der Waals surface area contributed by atoms with Gasteiger partial charge in [0.2, 0.25) is 5.91 Å². The number of nitrogens with zero attached hydrogens (tertiary/aromatic N) is 8. The number of rotatable bonds is 9. The fraction of sp³-hybridized carbons (Fsp3) is 0.514. The fourth-order valence-corrected chi connectivity index (χ4v) is 8.03. The average molecular weight is 669 g/mol. The molecule has 1 aromatic heterocycles. The van der Waals surface area contributed by atoms with E-state index in [1.165, 1.54) is 6.42 Å². The summed E-state index contributed by atoms with van der Waals surface area (Å²) >= 11 is 6.84. The standard InChI is InChI=1S/C37H45ClN8O2/c1-42(2)18-7-13-33(47)45-21-20-44(23-27(45)14-17-39)35-29-22-37(15-16-37)46(32-12-5-9-26-8-4-11-30(38)34(26)32)24-31(29)40-36(41-35)48-25-28-10-6-19-43(28)3/h4-5,7-9,11-13,27-28H,6,10,14-16,18-25H2,1-3H3/b13-7+/t27-,28-/m0/s1. The zero-order chi connectivity index (χ0) is 33.4. The van der Waals surface area contributed by atoms with E-state index in [0.29, 0.717) is 51.4 Å². The highest BCUT2D eigenvalue weighted by Crippen LogP contribution is 2.53. The molecule has 10 nitrogen and oxygen atoms in total. The van der Waals surface area contributed by atoms with Gasteiger partial charge in [-0.15, -0.1) is 0 Å². The summed E-state index contributed by atoms with van der Waals surface area (Å²) < 4.78 is 6.39. The molecule has 11 heteroatoms. The van der Waals surface area contributed by atoms with Crippen molar-refractivity contribution in [3.63, 3.8) is 0 Å². The minimum Gasteiger partial charge on any atom is -0.462 e. The van der Waals surface area contributed by atoms with Crippen LogP contribution in [0.3, 0.4) is 0 Å². The molecule has 1 aliphatic carbocycles. The van der Waals surface area contributed by atoms with Gasteiger partial charge in [-0.1, -0.05) is 41.9 Å². The van der Waals surface area contributed by atoms with E-state index in [4.69, 9.17) is 26.3 Å². The first-order valence-corrected chi connectivity index (χ1v) is 17.6. The van der Waals surface area contributed by atoms with E-state index in [1.807, 2.05) is 42.1 Å². The fourth-order valence-electron chi connectivity index (χ4n) is 7.75. The monoisotopic (exact) mass is 668 g/mol. The van der Waals surface area contributed by atoms with Crippen LogP contribution in [0.4, 0.5) is 11.5 Å². The summed E-state index contributed by atoms with van der Waals surface area (Å²) in [5.74, 6) is 0.835. The van der Waals surface area contributed by atoms with E-state index in [2.05, 4.69) is 52.1 Å². The molecule has 3 aliphatic heterocycles. The maximum atomic E-state index is 13.2. The molecule has 0 N–H and O–H groups in total. The smallest absolute Gasteiger partial charge is 0.318 e. The van der Waals surface area contributed by atoms with Crippen molar-refractivity contribution < 1.29 is 9.53 Å². The molecule has 252 valence electrons. The number of fused-ring (bicyclic) bond motifs is 2. The summed E-state index contributed by atoms with van der Waals surface area (Å²) in [4.78, 5) is 34.4. The van der Waals surface area contributed by atoms with E-state index in [0.717, 1.165) is 70.8 Å². The number of carbonyl (C=O) groups is 1. The highest BCUT2D eigenvalue weighted by Gasteiger charge is 2.52. The number of likely N-dealkylation sites (tertiary alicyclic amines) is 1. The van der Waals surface area contributed by atoms with Gasteiger partial charge < -0.3 is 29.2 Å². The summed E-state index contributed by atoms with van der Waals surface area (Å²) in [6.07, 6.45) is 9.03. The van der Waals surface area contributed by atoms with E-state index < -0.39 is 0 Å². The van der Waals surface area contributed by atoms with Crippen LogP contribution in [-0.2, 0) is 17.8 Å². The van der Waals surface area contributed by atoms with Crippen molar-refractivity contribution in [3.05, 3.63) is 64.8 Å². The van der Waals surface area contributed by atoms with Gasteiger partial charge in [0.15, 0.2) is 0 Å². The zero-order valence-electron chi connectivity index (χ0n) is 28.2. The second-order valence-electron chi connectivity index (χ2n) is 14.1. The molecule has 0 unspecified atom stereocenters. The van der Waals surface area contributed by atoms with Crippen LogP contribution >= 0.6 is 11.6 Å². The highest BCUT2D eigenvalue weighted by molar-refractivity contribution is 6.36. The lowest BCUT2D eigenvalue weighted by Crippen LogP contribution is -2.55. The van der Waals surface area contributed by atoms with Crippen molar-refractivity contribution in [2.24, 2.45) is 0 Å². The van der Waals surface area contributed by atoms with Crippen LogP contribution in [0.5, 0.6) is 6.01 Å². The Bertz CT molecular complexity index is 1750. The van der Waals surface area contributed by atoms with Crippen LogP contribution in [-0.4, -0.2) is 109 Å². The predicted molar refractivity (Wildman–Crippen MR) is 190 cm³/mol. The van der Waals surface area contributed by atoms with Crippen molar-refractivity contribution in [1.82, 2.24) is 24.7 Å². The number of hydrogen-bond acceptors (Lipinski definition) is 9. The molecule has 1 spiro atoms. The Hall–Kier alpha value is -3.91. The molecule has 0 radical (unpaired) electrons. The van der Waals surface area contributed by atoms with Gasteiger partial charge in [-0.05, 0) is 70.9 Å². The first-order chi connectivity index (χ1) is 23.3. The number of aromatic nitrogens is 2. The first kappa shape index (κ1) is 32.6. The Morgan fingerprint density at radius 2 is 1.96 bits per heavy atom. The van der Waals surface area contributed by atoms with Crippen LogP contribution in [0.1, 0.15) is 43.4 Å². The number of amides is 1. The number of halogens is 1. The number of nitriles is 1. The molecule has 3 aromatic rings. The summed E-state index contributed by atoms with van der Waals surface area (Å²) in [6, 6.07) is 15.3. The number of carbonyl (C=O) groups excluding carboxylic acids is 1. The molecule has 4 heterocycles. The number of piperazine rings is 1. The van der Waals surface area contributed by atoms with Crippen molar-refractivity contribution >= 4 is 39.8 Å². The maximum absolute atomic E-state index is 13.2. The van der Waals surface area contributed by atoms with E-state index in [1.54, 1.807) is 6.08 Å². The lowest BCUT2D eigenvalue weighted by Gasteiger charge is -2.44. The quantitative estimate of drug-likeness (QED) is 0.295. The minimum absolute atomic E-state index is 0.0332. The lowest BCUT2D eigenvalue weighted by atomic mass is 9.93. The van der Waals surface area contributed by atoms with Gasteiger partial charge in [0, 0.05) is 66.9 Å². The van der Waals surface area contributed by atoms with E-state index in [9.17, 15) is 10.1 Å². The van der Waals surface area contributed by atoms with Gasteiger partial charge in [-0.3, -0.25) is 4.79 Å². The Labute approximate surface area is 288 Å². The zero-order valence-corrected chi connectivity index (χ0v) is 29.0. The molecule has 2 saturated heterocycles. The third-order valence-corrected chi connectivity index (χ3v) is 10.9. The molecular formula is C37H45ClN8O2. The number of likely N-dealkylation sites (N-methyl/N-ethyl adjacent to an activating group) is 2. The van der Waals surface area contributed by atoms with Crippen LogP contribution < -0.4 is 14.5 Å². The second-order valence-corrected chi connectivity index (χ2v) is 14.5. The number of benzene rings is 2. The van der Waals surface area contributed by atoms with Crippen LogP contribution in [0, 0.1) is 11.3 Å². The molecule has 1 amide bonds. The normalized spacial score (nSPS) is 22.1. The third kappa shape index (κ3) is 6.43. The largest absolute Gasteiger partial charge is 0.462 e. The topological polar surface area (TPSA) is 92.1 Å². The van der Waals surface area contributed by atoms with Crippen molar-refractivity contribution in [1.29, 1.82) is 5.26 Å². The molecule has 7 rings (SSSR count). The maximum Gasteiger partial charge on any atom is 0.318 e. The molecule has 48 heavy (non-hydrogen) atoms. The molecule has 4 aliphatic rings. The van der Waals surface area contributed by atoms with Gasteiger partial charge >= 0.3 is 6.01 Å². The molecule has 2 atom stereocenters. The number of anilines is 2. The molecule has 3 fully saturated rings. The number of hydrogen-bond donors (Lipinski definition) is 0. The SMILES string of the molecule is CN(C)C/C=C/C(=O)N1CCN(c2nc(OC[C@@H]3CCCN3C)nc3c2CC2(CC2)N(c2cccc4cccc(Cl)c24)C3)C[C@@H]1CC#N. The Morgan fingerprint density at radius 1 is 1.15 bits per heavy atom. The van der Waals surface area contributed by atoms with E-state index in [-0.39, 0.29) is 23.9 Å². The minimum atomic E-state index is -0.241. The summed E-state index contributed by atoms with van der Waals surface area (Å²) in [7, 11) is 6.09. The van der Waals surface area contributed by atoms with Crippen molar-refractivity contribution in [3.8, 4) is 12.1 Å². The van der Waals surface area contributed by atoms with Crippen LogP contribution in [0.25, 0.3) is 10.8 Å². The van der Waals surface area contributed by atoms with Crippen LogP contribution in [0.2, 0.25) is 5.02 Å². The highest BCUT2D eigenvalue weighted by atomic mass is 35.5. The third-order valence-electron chi connectivity index (χ3n) is 10.6. The first-order valence-electron chi connectivity index (χ1n) is 17.2. The second kappa shape index (κ2) is 13.5. The van der Waals surface area contributed by atoms with Gasteiger partial charge in [0.1, 0.15) is 12.4 Å². The number of ether oxygens (including phenoxy) is 1. The molecule has 1 saturated carbocycles. The van der Waals surface area contributed by atoms with Crippen molar-refractivity contribution in [2.45, 2.75) is 62.7 Å².